The first kappa shape index (κ1) is 23.7. The van der Waals surface area contributed by atoms with E-state index in [9.17, 15) is 4.79 Å². The Labute approximate surface area is 206 Å². The highest BCUT2D eigenvalue weighted by Gasteiger charge is 2.31. The molecule has 0 aliphatic carbocycles. The van der Waals surface area contributed by atoms with Gasteiger partial charge in [0.15, 0.2) is 0 Å². The Morgan fingerprint density at radius 3 is 2.69 bits per heavy atom. The van der Waals surface area contributed by atoms with Crippen LogP contribution in [-0.2, 0) is 9.47 Å². The molecule has 1 amide bonds. The number of amides is 1. The van der Waals surface area contributed by atoms with Crippen molar-refractivity contribution in [2.24, 2.45) is 0 Å². The van der Waals surface area contributed by atoms with E-state index in [1.807, 2.05) is 30.0 Å². The maximum atomic E-state index is 13.3. The van der Waals surface area contributed by atoms with Crippen molar-refractivity contribution in [3.05, 3.63) is 60.0 Å². The van der Waals surface area contributed by atoms with Crippen LogP contribution in [0.4, 0.5) is 11.5 Å². The molecule has 0 bridgehead atoms. The second-order valence-electron chi connectivity index (χ2n) is 9.36. The number of anilines is 2. The van der Waals surface area contributed by atoms with Crippen molar-refractivity contribution < 1.29 is 14.3 Å². The van der Waals surface area contributed by atoms with Gasteiger partial charge in [0.05, 0.1) is 12.7 Å². The van der Waals surface area contributed by atoms with Crippen molar-refractivity contribution in [3.8, 4) is 0 Å². The van der Waals surface area contributed by atoms with E-state index in [0.29, 0.717) is 43.3 Å². The smallest absolute Gasteiger partial charge is 0.272 e. The third kappa shape index (κ3) is 5.29. The van der Waals surface area contributed by atoms with Crippen LogP contribution in [0.1, 0.15) is 35.3 Å². The zero-order valence-corrected chi connectivity index (χ0v) is 20.4. The summed E-state index contributed by atoms with van der Waals surface area (Å²) in [7, 11) is 1.74. The normalized spacial score (nSPS) is 21.3. The fourth-order valence-electron chi connectivity index (χ4n) is 5.03. The van der Waals surface area contributed by atoms with E-state index in [4.69, 9.17) is 9.47 Å². The number of carbonyl (C=O) groups is 1. The van der Waals surface area contributed by atoms with Crippen LogP contribution in [0.25, 0.3) is 10.8 Å². The molecule has 0 radical (unpaired) electrons. The van der Waals surface area contributed by atoms with E-state index in [-0.39, 0.29) is 12.0 Å². The molecular weight excluding hydrogens is 442 g/mol. The van der Waals surface area contributed by atoms with Crippen LogP contribution in [0.3, 0.4) is 0 Å². The van der Waals surface area contributed by atoms with Gasteiger partial charge in [-0.2, -0.15) is 0 Å². The standard InChI is InChI=1S/C27H33N5O3/c1-18-25(28-17-29-26(18)31-22-8-7-19-5-3-4-6-20(19)15-22)27(33)32-12-9-21(10-13-32)30-23-11-14-35-16-24(23)34-2/h3-8,15,17,21,23-24,30H,9-14,16H2,1-2H3,(H,28,29,31)/t23-,24+/m1/s1. The predicted octanol–water partition coefficient (Wildman–Crippen LogP) is 3.68. The van der Waals surface area contributed by atoms with Crippen LogP contribution in [-0.4, -0.2) is 72.4 Å². The first-order valence-corrected chi connectivity index (χ1v) is 12.4. The molecule has 3 aromatic rings. The Morgan fingerprint density at radius 2 is 1.89 bits per heavy atom. The molecule has 2 aliphatic heterocycles. The summed E-state index contributed by atoms with van der Waals surface area (Å²) in [5.74, 6) is 0.617. The van der Waals surface area contributed by atoms with Gasteiger partial charge in [-0.3, -0.25) is 4.79 Å². The monoisotopic (exact) mass is 475 g/mol. The van der Waals surface area contributed by atoms with E-state index in [1.54, 1.807) is 7.11 Å². The molecule has 35 heavy (non-hydrogen) atoms. The van der Waals surface area contributed by atoms with E-state index in [2.05, 4.69) is 44.9 Å². The number of rotatable bonds is 6. The number of hydrogen-bond acceptors (Lipinski definition) is 7. The van der Waals surface area contributed by atoms with Gasteiger partial charge in [0.2, 0.25) is 0 Å². The molecule has 8 nitrogen and oxygen atoms in total. The highest BCUT2D eigenvalue weighted by atomic mass is 16.5. The van der Waals surface area contributed by atoms with Crippen molar-refractivity contribution >= 4 is 28.2 Å². The number of aromatic nitrogens is 2. The number of benzene rings is 2. The lowest BCUT2D eigenvalue weighted by molar-refractivity contribution is -0.0533. The van der Waals surface area contributed by atoms with Crippen LogP contribution < -0.4 is 10.6 Å². The third-order valence-electron chi connectivity index (χ3n) is 7.14. The molecule has 2 aromatic carbocycles. The summed E-state index contributed by atoms with van der Waals surface area (Å²) in [6.07, 6.45) is 4.32. The summed E-state index contributed by atoms with van der Waals surface area (Å²) >= 11 is 0. The molecule has 0 spiro atoms. The zero-order chi connectivity index (χ0) is 24.2. The van der Waals surface area contributed by atoms with Crippen molar-refractivity contribution in [1.82, 2.24) is 20.2 Å². The summed E-state index contributed by atoms with van der Waals surface area (Å²) in [6, 6.07) is 15.1. The first-order valence-electron chi connectivity index (χ1n) is 12.4. The molecule has 2 atom stereocenters. The predicted molar refractivity (Wildman–Crippen MR) is 136 cm³/mol. The van der Waals surface area contributed by atoms with Gasteiger partial charge in [0.1, 0.15) is 17.8 Å². The molecular formula is C27H33N5O3. The second-order valence-corrected chi connectivity index (χ2v) is 9.36. The lowest BCUT2D eigenvalue weighted by Gasteiger charge is -2.38. The third-order valence-corrected chi connectivity index (χ3v) is 7.14. The van der Waals surface area contributed by atoms with Gasteiger partial charge < -0.3 is 25.0 Å². The molecule has 2 saturated heterocycles. The summed E-state index contributed by atoms with van der Waals surface area (Å²) in [5, 5.41) is 9.44. The number of nitrogens with zero attached hydrogens (tertiary/aromatic N) is 3. The number of likely N-dealkylation sites (tertiary alicyclic amines) is 1. The molecule has 1 aromatic heterocycles. The minimum atomic E-state index is -0.0363. The lowest BCUT2D eigenvalue weighted by atomic mass is 9.99. The molecule has 184 valence electrons. The summed E-state index contributed by atoms with van der Waals surface area (Å²) < 4.78 is 11.1. The summed E-state index contributed by atoms with van der Waals surface area (Å²) in [5.41, 5.74) is 2.15. The quantitative estimate of drug-likeness (QED) is 0.562. The summed E-state index contributed by atoms with van der Waals surface area (Å²) in [6.45, 7) is 4.70. The van der Waals surface area contributed by atoms with Crippen molar-refractivity contribution in [2.75, 3.05) is 38.7 Å². The van der Waals surface area contributed by atoms with Gasteiger partial charge in [-0.05, 0) is 49.1 Å². The number of piperidine rings is 1. The van der Waals surface area contributed by atoms with Crippen molar-refractivity contribution in [2.45, 2.75) is 44.4 Å². The topological polar surface area (TPSA) is 88.6 Å². The Kier molecular flexibility index (Phi) is 7.22. The van der Waals surface area contributed by atoms with E-state index in [1.165, 1.54) is 11.7 Å². The first-order chi connectivity index (χ1) is 17.1. The van der Waals surface area contributed by atoms with Gasteiger partial charge in [-0.1, -0.05) is 30.3 Å². The maximum absolute atomic E-state index is 13.3. The lowest BCUT2D eigenvalue weighted by Crippen LogP contribution is -2.54. The highest BCUT2D eigenvalue weighted by molar-refractivity contribution is 5.95. The van der Waals surface area contributed by atoms with Crippen LogP contribution >= 0.6 is 0 Å². The number of methoxy groups -OCH3 is 1. The van der Waals surface area contributed by atoms with E-state index in [0.717, 1.165) is 42.5 Å². The molecule has 2 fully saturated rings. The molecule has 0 unspecified atom stereocenters. The van der Waals surface area contributed by atoms with Gasteiger partial charge in [-0.15, -0.1) is 0 Å². The second kappa shape index (κ2) is 10.7. The Morgan fingerprint density at radius 1 is 1.09 bits per heavy atom. The van der Waals surface area contributed by atoms with Crippen LogP contribution in [0.5, 0.6) is 0 Å². The fourth-order valence-corrected chi connectivity index (χ4v) is 5.03. The van der Waals surface area contributed by atoms with Crippen LogP contribution in [0, 0.1) is 6.92 Å². The largest absolute Gasteiger partial charge is 0.379 e. The molecule has 0 saturated carbocycles. The van der Waals surface area contributed by atoms with Crippen molar-refractivity contribution in [3.63, 3.8) is 0 Å². The van der Waals surface area contributed by atoms with Gasteiger partial charge in [0.25, 0.3) is 5.91 Å². The molecule has 3 heterocycles. The van der Waals surface area contributed by atoms with Crippen molar-refractivity contribution in [1.29, 1.82) is 0 Å². The average molecular weight is 476 g/mol. The van der Waals surface area contributed by atoms with Crippen LogP contribution in [0.2, 0.25) is 0 Å². The SMILES string of the molecule is CO[C@H]1COCC[C@H]1NC1CCN(C(=O)c2ncnc(Nc3ccc4ccccc4c3)c2C)CC1. The minimum Gasteiger partial charge on any atom is -0.379 e. The average Bonchev–Trinajstić information content (AvgIpc) is 2.90. The maximum Gasteiger partial charge on any atom is 0.272 e. The number of nitrogens with one attached hydrogen (secondary N) is 2. The summed E-state index contributed by atoms with van der Waals surface area (Å²) in [4.78, 5) is 24.0. The Bertz CT molecular complexity index is 1180. The zero-order valence-electron chi connectivity index (χ0n) is 20.4. The van der Waals surface area contributed by atoms with Gasteiger partial charge >= 0.3 is 0 Å². The van der Waals surface area contributed by atoms with Crippen LogP contribution in [0.15, 0.2) is 48.8 Å². The number of ether oxygens (including phenoxy) is 2. The van der Waals surface area contributed by atoms with Gasteiger partial charge in [-0.25, -0.2) is 9.97 Å². The molecule has 2 N–H and O–H groups in total. The van der Waals surface area contributed by atoms with Gasteiger partial charge in [0, 0.05) is 50.1 Å². The number of fused-ring (bicyclic) bond motifs is 1. The molecule has 8 heteroatoms. The molecule has 2 aliphatic rings. The highest BCUT2D eigenvalue weighted by Crippen LogP contribution is 2.25. The van der Waals surface area contributed by atoms with E-state index < -0.39 is 0 Å². The molecule has 5 rings (SSSR count). The number of carbonyl (C=O) groups excluding carboxylic acids is 1. The minimum absolute atomic E-state index is 0.0363. The number of hydrogen-bond donors (Lipinski definition) is 2. The fraction of sp³-hybridized carbons (Fsp3) is 0.444. The Hall–Kier alpha value is -3.07. The van der Waals surface area contributed by atoms with E-state index >= 15 is 0 Å². The Balaban J connectivity index is 1.22.